The van der Waals surface area contributed by atoms with Crippen molar-refractivity contribution in [2.75, 3.05) is 26.4 Å². The van der Waals surface area contributed by atoms with Gasteiger partial charge in [-0.1, -0.05) is 53.0 Å². The van der Waals surface area contributed by atoms with Crippen LogP contribution in [0.1, 0.15) is 85.5 Å². The first-order chi connectivity index (χ1) is 13.0. The highest BCUT2D eigenvalue weighted by Crippen LogP contribution is 2.21. The zero-order valence-electron chi connectivity index (χ0n) is 18.1. The average Bonchev–Trinajstić information content (AvgIpc) is 2.67. The molecule has 6 heteroatoms. The topological polar surface area (TPSA) is 54.0 Å². The van der Waals surface area contributed by atoms with Gasteiger partial charge in [-0.05, 0) is 39.0 Å². The monoisotopic (exact) mass is 402 g/mol. The van der Waals surface area contributed by atoms with Crippen LogP contribution in [-0.4, -0.2) is 41.2 Å². The molecule has 0 amide bonds. The molecule has 0 N–H and O–H groups in total. The Morgan fingerprint density at radius 3 is 1.63 bits per heavy atom. The van der Waals surface area contributed by atoms with Crippen LogP contribution in [0.15, 0.2) is 12.2 Å². The minimum Gasteiger partial charge on any atom is -0.462 e. The van der Waals surface area contributed by atoms with Crippen molar-refractivity contribution in [2.45, 2.75) is 91.5 Å². The third-order valence-electron chi connectivity index (χ3n) is 4.04. The number of hydrogen-bond donors (Lipinski definition) is 0. The molecule has 27 heavy (non-hydrogen) atoms. The van der Waals surface area contributed by atoms with Crippen LogP contribution in [0.25, 0.3) is 0 Å². The molecule has 0 radical (unpaired) electrons. The lowest BCUT2D eigenvalue weighted by molar-refractivity contribution is -0.139. The minimum atomic E-state index is -2.53. The molecule has 0 atom stereocenters. The Morgan fingerprint density at radius 1 is 0.741 bits per heavy atom. The van der Waals surface area contributed by atoms with Crippen LogP contribution in [-0.2, 0) is 22.8 Å². The molecule has 0 rings (SSSR count). The maximum Gasteiger partial charge on any atom is 0.500 e. The van der Waals surface area contributed by atoms with E-state index in [1.807, 2.05) is 0 Å². The van der Waals surface area contributed by atoms with Gasteiger partial charge in [-0.25, -0.2) is 4.79 Å². The van der Waals surface area contributed by atoms with Gasteiger partial charge in [0, 0.05) is 31.4 Å². The van der Waals surface area contributed by atoms with Gasteiger partial charge in [-0.2, -0.15) is 0 Å². The van der Waals surface area contributed by atoms with Crippen molar-refractivity contribution in [2.24, 2.45) is 0 Å². The number of rotatable bonds is 19. The highest BCUT2D eigenvalue weighted by atomic mass is 28.4. The zero-order valence-corrected chi connectivity index (χ0v) is 19.1. The van der Waals surface area contributed by atoms with Gasteiger partial charge < -0.3 is 18.0 Å². The number of hydrogen-bond acceptors (Lipinski definition) is 5. The smallest absolute Gasteiger partial charge is 0.462 e. The fourth-order valence-electron chi connectivity index (χ4n) is 2.55. The number of esters is 1. The predicted molar refractivity (Wildman–Crippen MR) is 113 cm³/mol. The van der Waals surface area contributed by atoms with E-state index in [2.05, 4.69) is 27.4 Å². The molecule has 0 heterocycles. The van der Waals surface area contributed by atoms with Gasteiger partial charge in [0.2, 0.25) is 0 Å². The second-order valence-corrected chi connectivity index (χ2v) is 9.75. The Morgan fingerprint density at radius 2 is 1.19 bits per heavy atom. The maximum atomic E-state index is 11.3. The van der Waals surface area contributed by atoms with Crippen molar-refractivity contribution >= 4 is 14.8 Å². The van der Waals surface area contributed by atoms with E-state index in [1.54, 1.807) is 6.92 Å². The van der Waals surface area contributed by atoms with E-state index < -0.39 is 8.80 Å². The summed E-state index contributed by atoms with van der Waals surface area (Å²) in [4.78, 5) is 11.3. The molecule has 0 fully saturated rings. The zero-order chi connectivity index (χ0) is 20.4. The van der Waals surface area contributed by atoms with E-state index in [0.29, 0.717) is 32.0 Å². The normalized spacial score (nSPS) is 11.6. The van der Waals surface area contributed by atoms with Crippen molar-refractivity contribution in [3.8, 4) is 0 Å². The summed E-state index contributed by atoms with van der Waals surface area (Å²) < 4.78 is 23.5. The molecule has 5 nitrogen and oxygen atoms in total. The Bertz CT molecular complexity index is 365. The largest absolute Gasteiger partial charge is 0.500 e. The van der Waals surface area contributed by atoms with Crippen molar-refractivity contribution in [3.05, 3.63) is 12.2 Å². The number of unbranched alkanes of at least 4 members (excludes halogenated alkanes) is 5. The Hall–Kier alpha value is -0.693. The lowest BCUT2D eigenvalue weighted by Crippen LogP contribution is -2.46. The van der Waals surface area contributed by atoms with E-state index >= 15 is 0 Å². The molecular weight excluding hydrogens is 360 g/mol. The van der Waals surface area contributed by atoms with Crippen molar-refractivity contribution in [1.82, 2.24) is 0 Å². The second kappa shape index (κ2) is 17.4. The molecule has 0 aromatic rings. The van der Waals surface area contributed by atoms with Crippen LogP contribution in [0, 0.1) is 0 Å². The van der Waals surface area contributed by atoms with Crippen molar-refractivity contribution in [1.29, 1.82) is 0 Å². The molecule has 0 aromatic heterocycles. The first-order valence-corrected chi connectivity index (χ1v) is 12.7. The van der Waals surface area contributed by atoms with Gasteiger partial charge in [0.1, 0.15) is 0 Å². The van der Waals surface area contributed by atoms with E-state index in [0.717, 1.165) is 57.4 Å². The first kappa shape index (κ1) is 26.3. The fourth-order valence-corrected chi connectivity index (χ4v) is 5.46. The molecule has 0 aliphatic heterocycles. The van der Waals surface area contributed by atoms with Crippen LogP contribution < -0.4 is 0 Å². The van der Waals surface area contributed by atoms with E-state index in [4.69, 9.17) is 18.0 Å². The summed E-state index contributed by atoms with van der Waals surface area (Å²) in [5, 5.41) is 0. The fraction of sp³-hybridized carbons (Fsp3) is 0.857. The van der Waals surface area contributed by atoms with E-state index in [1.165, 1.54) is 6.42 Å². The lowest BCUT2D eigenvalue weighted by atomic mass is 10.1. The van der Waals surface area contributed by atoms with Gasteiger partial charge in [-0.3, -0.25) is 0 Å². The summed E-state index contributed by atoms with van der Waals surface area (Å²) in [6.45, 7) is 14.2. The molecule has 160 valence electrons. The van der Waals surface area contributed by atoms with Gasteiger partial charge in [0.25, 0.3) is 0 Å². The van der Waals surface area contributed by atoms with Crippen LogP contribution in [0.5, 0.6) is 0 Å². The summed E-state index contributed by atoms with van der Waals surface area (Å²) in [5.74, 6) is -0.289. The number of carbonyl (C=O) groups is 1. The van der Waals surface area contributed by atoms with E-state index in [-0.39, 0.29) is 5.97 Å². The average molecular weight is 403 g/mol. The highest BCUT2D eigenvalue weighted by Gasteiger charge is 2.40. The molecule has 0 saturated carbocycles. The SMILES string of the molecule is C=C(C)C(=O)OCCCCCCCC[Si](OCCC)(OCCC)OCCC. The van der Waals surface area contributed by atoms with Crippen molar-refractivity contribution in [3.63, 3.8) is 0 Å². The molecule has 0 aliphatic rings. The van der Waals surface area contributed by atoms with Crippen LogP contribution >= 0.6 is 0 Å². The Balaban J connectivity index is 4.05. The summed E-state index contributed by atoms with van der Waals surface area (Å²) in [7, 11) is -2.53. The number of ether oxygens (including phenoxy) is 1. The predicted octanol–water partition coefficient (Wildman–Crippen LogP) is 5.67. The van der Waals surface area contributed by atoms with Crippen molar-refractivity contribution < 1.29 is 22.8 Å². The van der Waals surface area contributed by atoms with Crippen LogP contribution in [0.4, 0.5) is 0 Å². The standard InChI is InChI=1S/C21H42O5Si/c1-6-15-24-27(25-16-7-2,26-17-8-3)19-14-12-10-9-11-13-18-23-21(22)20(4)5/h4,6-19H2,1-3,5H3. The molecule has 0 spiro atoms. The molecule has 0 saturated heterocycles. The highest BCUT2D eigenvalue weighted by molar-refractivity contribution is 6.60. The maximum absolute atomic E-state index is 11.3. The molecule has 0 aliphatic carbocycles. The summed E-state index contributed by atoms with van der Waals surface area (Å²) >= 11 is 0. The Labute approximate surface area is 168 Å². The summed E-state index contributed by atoms with van der Waals surface area (Å²) in [6.07, 6.45) is 9.50. The third kappa shape index (κ3) is 14.0. The van der Waals surface area contributed by atoms with Gasteiger partial charge >= 0.3 is 14.8 Å². The second-order valence-electron chi connectivity index (χ2n) is 7.02. The molecule has 0 aromatic carbocycles. The summed E-state index contributed by atoms with van der Waals surface area (Å²) in [5.41, 5.74) is 0.462. The minimum absolute atomic E-state index is 0.289. The van der Waals surface area contributed by atoms with Crippen LogP contribution in [0.2, 0.25) is 6.04 Å². The number of carbonyl (C=O) groups excluding carboxylic acids is 1. The van der Waals surface area contributed by atoms with Gasteiger partial charge in [0.15, 0.2) is 0 Å². The summed E-state index contributed by atoms with van der Waals surface area (Å²) in [6, 6.07) is 0.906. The van der Waals surface area contributed by atoms with Gasteiger partial charge in [0.05, 0.1) is 6.61 Å². The van der Waals surface area contributed by atoms with Crippen LogP contribution in [0.3, 0.4) is 0 Å². The molecule has 0 unspecified atom stereocenters. The lowest BCUT2D eigenvalue weighted by Gasteiger charge is -2.29. The van der Waals surface area contributed by atoms with Gasteiger partial charge in [-0.15, -0.1) is 0 Å². The van der Waals surface area contributed by atoms with E-state index in [9.17, 15) is 4.79 Å². The first-order valence-electron chi connectivity index (χ1n) is 10.8. The molecular formula is C21H42O5Si. The Kier molecular flexibility index (Phi) is 17.0. The quantitative estimate of drug-likeness (QED) is 0.121. The third-order valence-corrected chi connectivity index (χ3v) is 6.93. The molecule has 0 bridgehead atoms.